The fourth-order valence-corrected chi connectivity index (χ4v) is 1.87. The third-order valence-corrected chi connectivity index (χ3v) is 2.93. The van der Waals surface area contributed by atoms with Crippen molar-refractivity contribution in [1.29, 1.82) is 0 Å². The van der Waals surface area contributed by atoms with Crippen molar-refractivity contribution in [2.45, 2.75) is 13.0 Å². The van der Waals surface area contributed by atoms with Gasteiger partial charge in [0.25, 0.3) is 0 Å². The third-order valence-electron chi connectivity index (χ3n) is 2.72. The van der Waals surface area contributed by atoms with Crippen LogP contribution in [0.15, 0.2) is 36.5 Å². The van der Waals surface area contributed by atoms with Crippen LogP contribution in [0.3, 0.4) is 0 Å². The Labute approximate surface area is 116 Å². The summed E-state index contributed by atoms with van der Waals surface area (Å²) in [5.74, 6) is -0.248. The number of hydrogen-bond donors (Lipinski definition) is 2. The van der Waals surface area contributed by atoms with E-state index in [1.54, 1.807) is 0 Å². The van der Waals surface area contributed by atoms with Gasteiger partial charge in [0.05, 0.1) is 5.02 Å². The first kappa shape index (κ1) is 13.8. The molecule has 19 heavy (non-hydrogen) atoms. The minimum atomic E-state index is -0.452. The molecular weight excluding hydrogens is 265 g/mol. The van der Waals surface area contributed by atoms with E-state index in [2.05, 4.69) is 10.3 Å². The third kappa shape index (κ3) is 3.91. The van der Waals surface area contributed by atoms with E-state index in [9.17, 15) is 4.39 Å². The first-order valence-electron chi connectivity index (χ1n) is 6.02. The number of nitrogens with one attached hydrogen (secondary N) is 1. The van der Waals surface area contributed by atoms with Gasteiger partial charge in [-0.1, -0.05) is 35.9 Å². The predicted octanol–water partition coefficient (Wildman–Crippen LogP) is 2.99. The topological polar surface area (TPSA) is 50.9 Å². The highest BCUT2D eigenvalue weighted by Crippen LogP contribution is 2.16. The van der Waals surface area contributed by atoms with Crippen LogP contribution in [0.4, 0.5) is 10.2 Å². The zero-order chi connectivity index (χ0) is 13.7. The van der Waals surface area contributed by atoms with E-state index in [0.717, 1.165) is 12.0 Å². The summed E-state index contributed by atoms with van der Waals surface area (Å²) in [7, 11) is 0. The number of rotatable bonds is 5. The molecule has 0 spiro atoms. The van der Waals surface area contributed by atoms with Gasteiger partial charge in [-0.2, -0.15) is 0 Å². The maximum Gasteiger partial charge on any atom is 0.166 e. The molecule has 1 aromatic heterocycles. The summed E-state index contributed by atoms with van der Waals surface area (Å²) in [5.41, 5.74) is 7.74. The van der Waals surface area contributed by atoms with Crippen LogP contribution in [0, 0.1) is 5.82 Å². The summed E-state index contributed by atoms with van der Waals surface area (Å²) in [6.45, 7) is 1.14. The molecule has 5 heteroatoms. The monoisotopic (exact) mass is 279 g/mol. The number of halogens is 2. The molecule has 3 N–H and O–H groups in total. The van der Waals surface area contributed by atoms with Crippen LogP contribution in [0.5, 0.6) is 0 Å². The molecule has 0 aliphatic carbocycles. The number of nitrogens with zero attached hydrogens (tertiary/aromatic N) is 1. The highest BCUT2D eigenvalue weighted by Gasteiger charge is 2.04. The first-order chi connectivity index (χ1) is 9.19. The Balaban J connectivity index is 1.98. The molecule has 0 amide bonds. The summed E-state index contributed by atoms with van der Waals surface area (Å²) in [6, 6.07) is 9.27. The van der Waals surface area contributed by atoms with E-state index in [1.165, 1.54) is 17.8 Å². The number of anilines is 1. The minimum Gasteiger partial charge on any atom is -0.364 e. The normalized spacial score (nSPS) is 10.5. The van der Waals surface area contributed by atoms with Gasteiger partial charge in [-0.15, -0.1) is 0 Å². The van der Waals surface area contributed by atoms with Crippen LogP contribution in [0.2, 0.25) is 5.02 Å². The maximum absolute atomic E-state index is 13.5. The van der Waals surface area contributed by atoms with E-state index in [0.29, 0.717) is 13.1 Å². The molecule has 1 aromatic carbocycles. The van der Waals surface area contributed by atoms with Crippen LogP contribution >= 0.6 is 11.6 Å². The Morgan fingerprint density at radius 1 is 1.21 bits per heavy atom. The molecule has 2 aromatic rings. The van der Waals surface area contributed by atoms with Crippen molar-refractivity contribution in [3.8, 4) is 0 Å². The van der Waals surface area contributed by atoms with Crippen LogP contribution in [-0.4, -0.2) is 11.5 Å². The molecule has 0 saturated carbocycles. The van der Waals surface area contributed by atoms with E-state index in [4.69, 9.17) is 17.3 Å². The van der Waals surface area contributed by atoms with Crippen LogP contribution in [-0.2, 0) is 13.0 Å². The zero-order valence-corrected chi connectivity index (χ0v) is 11.1. The second-order valence-electron chi connectivity index (χ2n) is 4.19. The molecule has 0 saturated heterocycles. The largest absolute Gasteiger partial charge is 0.364 e. The molecule has 1 heterocycles. The van der Waals surface area contributed by atoms with Gasteiger partial charge in [-0.3, -0.25) is 0 Å². The summed E-state index contributed by atoms with van der Waals surface area (Å²) in [5, 5.41) is 3.22. The summed E-state index contributed by atoms with van der Waals surface area (Å²) < 4.78 is 13.5. The fourth-order valence-electron chi connectivity index (χ4n) is 1.72. The Hall–Kier alpha value is -1.65. The summed E-state index contributed by atoms with van der Waals surface area (Å²) in [4.78, 5) is 3.91. The molecular formula is C14H15ClFN3. The van der Waals surface area contributed by atoms with Gasteiger partial charge >= 0.3 is 0 Å². The molecule has 0 aliphatic heterocycles. The second-order valence-corrected chi connectivity index (χ2v) is 4.63. The maximum atomic E-state index is 13.5. The van der Waals surface area contributed by atoms with Crippen molar-refractivity contribution >= 4 is 17.4 Å². The summed E-state index contributed by atoms with van der Waals surface area (Å²) >= 11 is 5.64. The SMILES string of the molecule is NCCc1ccc(CNc2ncc(Cl)cc2F)cc1. The standard InChI is InChI=1S/C14H15ClFN3/c15-12-7-13(16)14(19-9-12)18-8-11-3-1-10(2-4-11)5-6-17/h1-4,7,9H,5-6,8,17H2,(H,18,19). The Kier molecular flexibility index (Phi) is 4.71. The lowest BCUT2D eigenvalue weighted by molar-refractivity contribution is 0.624. The van der Waals surface area contributed by atoms with Gasteiger partial charge in [0.1, 0.15) is 0 Å². The highest BCUT2D eigenvalue weighted by molar-refractivity contribution is 6.30. The molecule has 0 bridgehead atoms. The molecule has 2 rings (SSSR count). The lowest BCUT2D eigenvalue weighted by Gasteiger charge is -2.07. The number of benzene rings is 1. The van der Waals surface area contributed by atoms with Crippen molar-refractivity contribution < 1.29 is 4.39 Å². The number of nitrogens with two attached hydrogens (primary N) is 1. The van der Waals surface area contributed by atoms with E-state index in [-0.39, 0.29) is 10.8 Å². The summed E-state index contributed by atoms with van der Waals surface area (Å²) in [6.07, 6.45) is 2.28. The molecule has 0 fully saturated rings. The number of pyridine rings is 1. The van der Waals surface area contributed by atoms with Gasteiger partial charge in [-0.25, -0.2) is 9.37 Å². The van der Waals surface area contributed by atoms with E-state index in [1.807, 2.05) is 24.3 Å². The average molecular weight is 280 g/mol. The highest BCUT2D eigenvalue weighted by atomic mass is 35.5. The zero-order valence-electron chi connectivity index (χ0n) is 10.4. The molecule has 0 atom stereocenters. The molecule has 0 radical (unpaired) electrons. The predicted molar refractivity (Wildman–Crippen MR) is 75.7 cm³/mol. The minimum absolute atomic E-state index is 0.204. The lowest BCUT2D eigenvalue weighted by Crippen LogP contribution is -2.05. The Morgan fingerprint density at radius 3 is 2.53 bits per heavy atom. The van der Waals surface area contributed by atoms with Crippen molar-refractivity contribution in [1.82, 2.24) is 4.98 Å². The van der Waals surface area contributed by atoms with Crippen LogP contribution in [0.25, 0.3) is 0 Å². The number of aromatic nitrogens is 1. The van der Waals surface area contributed by atoms with Gasteiger partial charge in [0.2, 0.25) is 0 Å². The van der Waals surface area contributed by atoms with Gasteiger partial charge in [0.15, 0.2) is 11.6 Å². The van der Waals surface area contributed by atoms with Crippen molar-refractivity contribution in [2.75, 3.05) is 11.9 Å². The average Bonchev–Trinajstić information content (AvgIpc) is 2.40. The fraction of sp³-hybridized carbons (Fsp3) is 0.214. The van der Waals surface area contributed by atoms with E-state index >= 15 is 0 Å². The van der Waals surface area contributed by atoms with Gasteiger partial charge < -0.3 is 11.1 Å². The van der Waals surface area contributed by atoms with Gasteiger partial charge in [0, 0.05) is 12.7 Å². The quantitative estimate of drug-likeness (QED) is 0.885. The van der Waals surface area contributed by atoms with E-state index < -0.39 is 5.82 Å². The molecule has 0 unspecified atom stereocenters. The molecule has 0 aliphatic rings. The second kappa shape index (κ2) is 6.50. The van der Waals surface area contributed by atoms with Crippen LogP contribution in [0.1, 0.15) is 11.1 Å². The molecule has 100 valence electrons. The smallest absolute Gasteiger partial charge is 0.166 e. The lowest BCUT2D eigenvalue weighted by atomic mass is 10.1. The van der Waals surface area contributed by atoms with Crippen molar-refractivity contribution in [2.24, 2.45) is 5.73 Å². The van der Waals surface area contributed by atoms with Crippen molar-refractivity contribution in [3.63, 3.8) is 0 Å². The number of hydrogen-bond acceptors (Lipinski definition) is 3. The van der Waals surface area contributed by atoms with Crippen LogP contribution < -0.4 is 11.1 Å². The Bertz CT molecular complexity index is 543. The molecule has 3 nitrogen and oxygen atoms in total. The Morgan fingerprint density at radius 2 is 1.89 bits per heavy atom. The van der Waals surface area contributed by atoms with Gasteiger partial charge in [-0.05, 0) is 30.2 Å². The first-order valence-corrected chi connectivity index (χ1v) is 6.39. The van der Waals surface area contributed by atoms with Crippen molar-refractivity contribution in [3.05, 3.63) is 58.5 Å².